The third kappa shape index (κ3) is 2.49. The number of ether oxygens (including phenoxy) is 1. The lowest BCUT2D eigenvalue weighted by molar-refractivity contribution is -0.153. The van der Waals surface area contributed by atoms with Gasteiger partial charge in [-0.25, -0.2) is 4.79 Å². The lowest BCUT2D eigenvalue weighted by Gasteiger charge is -2.12. The SMILES string of the molecule is O=C(O)C(F)Oc1c(I)cc(Cl)c2cccnc12. The standard InChI is InChI=1S/C11H6ClFINO3/c12-6-4-7(14)9(18-10(13)11(16)17)8-5(6)2-1-3-15-8/h1-4,10H,(H,16,17). The van der Waals surface area contributed by atoms with E-state index < -0.39 is 12.3 Å². The molecule has 4 nitrogen and oxygen atoms in total. The molecule has 0 aliphatic rings. The first-order valence-electron chi connectivity index (χ1n) is 4.77. The predicted octanol–water partition coefficient (Wildman–Crippen LogP) is 3.25. The number of aromatic nitrogens is 1. The van der Waals surface area contributed by atoms with Gasteiger partial charge in [-0.05, 0) is 40.8 Å². The number of hydrogen-bond acceptors (Lipinski definition) is 3. The summed E-state index contributed by atoms with van der Waals surface area (Å²) in [7, 11) is 0. The quantitative estimate of drug-likeness (QED) is 0.829. The van der Waals surface area contributed by atoms with E-state index in [1.54, 1.807) is 18.2 Å². The van der Waals surface area contributed by atoms with E-state index in [2.05, 4.69) is 4.98 Å². The van der Waals surface area contributed by atoms with Crippen molar-refractivity contribution in [1.82, 2.24) is 4.98 Å². The van der Waals surface area contributed by atoms with Gasteiger partial charge in [0.1, 0.15) is 5.52 Å². The number of benzene rings is 1. The number of fused-ring (bicyclic) bond motifs is 1. The fraction of sp³-hybridized carbons (Fsp3) is 0.0909. The minimum atomic E-state index is -2.44. The molecule has 0 bridgehead atoms. The summed E-state index contributed by atoms with van der Waals surface area (Å²) in [4.78, 5) is 14.5. The van der Waals surface area contributed by atoms with Gasteiger partial charge in [0, 0.05) is 11.6 Å². The van der Waals surface area contributed by atoms with E-state index in [1.165, 1.54) is 6.20 Å². The molecule has 2 rings (SSSR count). The molecule has 0 fully saturated rings. The first-order chi connectivity index (χ1) is 8.50. The minimum absolute atomic E-state index is 0.0745. The van der Waals surface area contributed by atoms with Gasteiger partial charge >= 0.3 is 12.3 Å². The van der Waals surface area contributed by atoms with Crippen LogP contribution in [0, 0.1) is 3.57 Å². The van der Waals surface area contributed by atoms with E-state index in [0.717, 1.165) is 0 Å². The van der Waals surface area contributed by atoms with E-state index in [1.807, 2.05) is 22.6 Å². The fourth-order valence-corrected chi connectivity index (χ4v) is 2.55. The molecule has 0 aliphatic carbocycles. The topological polar surface area (TPSA) is 59.4 Å². The number of nitrogens with zero attached hydrogens (tertiary/aromatic N) is 1. The largest absolute Gasteiger partial charge is 0.476 e. The Balaban J connectivity index is 2.59. The van der Waals surface area contributed by atoms with E-state index in [9.17, 15) is 9.18 Å². The van der Waals surface area contributed by atoms with Gasteiger partial charge in [0.15, 0.2) is 5.75 Å². The number of aliphatic carboxylic acids is 1. The highest BCUT2D eigenvalue weighted by atomic mass is 127. The lowest BCUT2D eigenvalue weighted by Crippen LogP contribution is -2.22. The average molecular weight is 382 g/mol. The summed E-state index contributed by atoms with van der Waals surface area (Å²) in [6.45, 7) is 0. The highest BCUT2D eigenvalue weighted by Gasteiger charge is 2.21. The zero-order valence-corrected chi connectivity index (χ0v) is 11.6. The van der Waals surface area contributed by atoms with Gasteiger partial charge in [-0.15, -0.1) is 0 Å². The Labute approximate surface area is 120 Å². The van der Waals surface area contributed by atoms with Crippen LogP contribution in [0.4, 0.5) is 4.39 Å². The molecule has 0 radical (unpaired) electrons. The maximum absolute atomic E-state index is 13.1. The zero-order chi connectivity index (χ0) is 13.3. The average Bonchev–Trinajstić information content (AvgIpc) is 2.34. The van der Waals surface area contributed by atoms with Gasteiger partial charge in [-0.3, -0.25) is 4.98 Å². The highest BCUT2D eigenvalue weighted by molar-refractivity contribution is 14.1. The summed E-state index contributed by atoms with van der Waals surface area (Å²) in [6.07, 6.45) is -0.944. The van der Waals surface area contributed by atoms with Gasteiger partial charge in [0.05, 0.1) is 8.59 Å². The van der Waals surface area contributed by atoms with Gasteiger partial charge in [0.25, 0.3) is 0 Å². The maximum Gasteiger partial charge on any atom is 0.378 e. The minimum Gasteiger partial charge on any atom is -0.476 e. The maximum atomic E-state index is 13.1. The molecule has 7 heteroatoms. The second-order valence-electron chi connectivity index (χ2n) is 3.34. The molecule has 1 N–H and O–H groups in total. The molecule has 0 saturated heterocycles. The Bertz CT molecular complexity index is 623. The van der Waals surface area contributed by atoms with E-state index in [0.29, 0.717) is 19.5 Å². The predicted molar refractivity (Wildman–Crippen MR) is 72.6 cm³/mol. The summed E-state index contributed by atoms with van der Waals surface area (Å²) in [5.74, 6) is -1.62. The van der Waals surface area contributed by atoms with Crippen molar-refractivity contribution in [3.05, 3.63) is 33.0 Å². The number of carboxylic acids is 1. The molecular formula is C11H6ClFINO3. The Morgan fingerprint density at radius 1 is 1.61 bits per heavy atom. The van der Waals surface area contributed by atoms with Crippen LogP contribution in [0.5, 0.6) is 5.75 Å². The molecule has 2 aromatic rings. The van der Waals surface area contributed by atoms with Crippen molar-refractivity contribution in [3.63, 3.8) is 0 Å². The van der Waals surface area contributed by atoms with Gasteiger partial charge < -0.3 is 9.84 Å². The highest BCUT2D eigenvalue weighted by Crippen LogP contribution is 2.35. The number of pyridine rings is 1. The Hall–Kier alpha value is -1.15. The summed E-state index contributed by atoms with van der Waals surface area (Å²) < 4.78 is 18.4. The number of carbonyl (C=O) groups is 1. The van der Waals surface area contributed by atoms with Gasteiger partial charge in [-0.1, -0.05) is 11.6 Å². The molecule has 1 aromatic carbocycles. The molecule has 0 spiro atoms. The molecule has 18 heavy (non-hydrogen) atoms. The van der Waals surface area contributed by atoms with Crippen LogP contribution in [0.25, 0.3) is 10.9 Å². The first-order valence-corrected chi connectivity index (χ1v) is 6.22. The fourth-order valence-electron chi connectivity index (χ4n) is 1.41. The third-order valence-corrected chi connectivity index (χ3v) is 3.28. The number of alkyl halides is 1. The van der Waals surface area contributed by atoms with E-state index in [4.69, 9.17) is 21.4 Å². The number of halogens is 3. The number of rotatable bonds is 3. The van der Waals surface area contributed by atoms with Crippen LogP contribution < -0.4 is 4.74 Å². The van der Waals surface area contributed by atoms with Crippen molar-refractivity contribution in [2.75, 3.05) is 0 Å². The van der Waals surface area contributed by atoms with E-state index >= 15 is 0 Å². The number of carboxylic acid groups (broad SMARTS) is 1. The molecule has 0 amide bonds. The van der Waals surface area contributed by atoms with Gasteiger partial charge in [0.2, 0.25) is 0 Å². The summed E-state index contributed by atoms with van der Waals surface area (Å²) in [5.41, 5.74) is 0.332. The van der Waals surface area contributed by atoms with Crippen LogP contribution in [0.2, 0.25) is 5.02 Å². The van der Waals surface area contributed by atoms with Crippen LogP contribution in [-0.4, -0.2) is 22.4 Å². The third-order valence-electron chi connectivity index (χ3n) is 2.17. The first kappa shape index (κ1) is 13.3. The smallest absolute Gasteiger partial charge is 0.378 e. The Kier molecular flexibility index (Phi) is 3.86. The molecule has 0 saturated carbocycles. The number of hydrogen-bond donors (Lipinski definition) is 1. The van der Waals surface area contributed by atoms with Crippen LogP contribution in [0.15, 0.2) is 24.4 Å². The molecular weight excluding hydrogens is 375 g/mol. The van der Waals surface area contributed by atoms with Gasteiger partial charge in [-0.2, -0.15) is 4.39 Å². The molecule has 1 aromatic heterocycles. The Morgan fingerprint density at radius 2 is 2.33 bits per heavy atom. The van der Waals surface area contributed by atoms with Crippen molar-refractivity contribution in [2.45, 2.75) is 6.36 Å². The van der Waals surface area contributed by atoms with Crippen molar-refractivity contribution < 1.29 is 19.0 Å². The van der Waals surface area contributed by atoms with Crippen molar-refractivity contribution in [3.8, 4) is 5.75 Å². The second kappa shape index (κ2) is 5.23. The molecule has 94 valence electrons. The second-order valence-corrected chi connectivity index (χ2v) is 4.91. The summed E-state index contributed by atoms with van der Waals surface area (Å²) in [6, 6.07) is 4.94. The normalized spacial score (nSPS) is 12.4. The summed E-state index contributed by atoms with van der Waals surface area (Å²) in [5, 5.41) is 9.53. The Morgan fingerprint density at radius 3 is 3.00 bits per heavy atom. The lowest BCUT2D eigenvalue weighted by atomic mass is 10.2. The summed E-state index contributed by atoms with van der Waals surface area (Å²) >= 11 is 7.90. The monoisotopic (exact) mass is 381 g/mol. The van der Waals surface area contributed by atoms with Crippen LogP contribution >= 0.6 is 34.2 Å². The molecule has 1 unspecified atom stereocenters. The van der Waals surface area contributed by atoms with Crippen molar-refractivity contribution >= 4 is 51.1 Å². The zero-order valence-electron chi connectivity index (χ0n) is 8.73. The van der Waals surface area contributed by atoms with Crippen molar-refractivity contribution in [1.29, 1.82) is 0 Å². The van der Waals surface area contributed by atoms with Crippen LogP contribution in [-0.2, 0) is 4.79 Å². The molecule has 1 heterocycles. The van der Waals surface area contributed by atoms with Crippen LogP contribution in [0.1, 0.15) is 0 Å². The molecule has 1 atom stereocenters. The van der Waals surface area contributed by atoms with E-state index in [-0.39, 0.29) is 5.75 Å². The van der Waals surface area contributed by atoms with Crippen molar-refractivity contribution in [2.24, 2.45) is 0 Å². The van der Waals surface area contributed by atoms with Crippen LogP contribution in [0.3, 0.4) is 0 Å². The molecule has 0 aliphatic heterocycles.